The maximum absolute atomic E-state index is 11.7. The van der Waals surface area contributed by atoms with Crippen LogP contribution in [0.4, 0.5) is 10.5 Å². The highest BCUT2D eigenvalue weighted by atomic mass is 16.6. The van der Waals surface area contributed by atoms with E-state index >= 15 is 0 Å². The number of nitrogens with two attached hydrogens (primary N) is 1. The van der Waals surface area contributed by atoms with E-state index in [9.17, 15) is 4.79 Å². The SMILES string of the molecule is CCN1CCc2cc(C(N)CNC(=O)OC(C)(C)C)ccc21. The molecular weight excluding hydrogens is 278 g/mol. The van der Waals surface area contributed by atoms with Crippen molar-refractivity contribution in [2.75, 3.05) is 24.5 Å². The first-order valence-corrected chi connectivity index (χ1v) is 7.90. The molecule has 5 heteroatoms. The fraction of sp³-hybridized carbons (Fsp3) is 0.588. The highest BCUT2D eigenvalue weighted by Crippen LogP contribution is 2.29. The van der Waals surface area contributed by atoms with Crippen molar-refractivity contribution in [3.05, 3.63) is 29.3 Å². The maximum atomic E-state index is 11.7. The number of hydrogen-bond donors (Lipinski definition) is 2. The zero-order valence-electron chi connectivity index (χ0n) is 14.0. The summed E-state index contributed by atoms with van der Waals surface area (Å²) in [6.45, 7) is 10.1. The summed E-state index contributed by atoms with van der Waals surface area (Å²) < 4.78 is 5.21. The fourth-order valence-corrected chi connectivity index (χ4v) is 2.67. The normalized spacial score (nSPS) is 15.4. The number of ether oxygens (including phenoxy) is 1. The average molecular weight is 305 g/mol. The Morgan fingerprint density at radius 3 is 2.82 bits per heavy atom. The van der Waals surface area contributed by atoms with Crippen molar-refractivity contribution in [3.63, 3.8) is 0 Å². The molecule has 2 rings (SSSR count). The van der Waals surface area contributed by atoms with Crippen LogP contribution in [0.15, 0.2) is 18.2 Å². The van der Waals surface area contributed by atoms with Crippen molar-refractivity contribution in [3.8, 4) is 0 Å². The van der Waals surface area contributed by atoms with Gasteiger partial charge in [-0.05, 0) is 51.3 Å². The van der Waals surface area contributed by atoms with Crippen molar-refractivity contribution in [2.45, 2.75) is 45.8 Å². The molecule has 1 heterocycles. The molecule has 5 nitrogen and oxygen atoms in total. The van der Waals surface area contributed by atoms with Crippen LogP contribution >= 0.6 is 0 Å². The van der Waals surface area contributed by atoms with Crippen molar-refractivity contribution < 1.29 is 9.53 Å². The van der Waals surface area contributed by atoms with Crippen LogP contribution in [0.3, 0.4) is 0 Å². The first-order chi connectivity index (χ1) is 10.3. The van der Waals surface area contributed by atoms with Gasteiger partial charge in [0.1, 0.15) is 5.60 Å². The number of carbonyl (C=O) groups excluding carboxylic acids is 1. The van der Waals surface area contributed by atoms with Crippen molar-refractivity contribution in [1.82, 2.24) is 5.32 Å². The van der Waals surface area contributed by atoms with E-state index < -0.39 is 11.7 Å². The van der Waals surface area contributed by atoms with Crippen LogP contribution < -0.4 is 16.0 Å². The number of nitrogens with zero attached hydrogens (tertiary/aromatic N) is 1. The minimum atomic E-state index is -0.495. The molecule has 1 amide bonds. The lowest BCUT2D eigenvalue weighted by Gasteiger charge is -2.21. The quantitative estimate of drug-likeness (QED) is 0.897. The van der Waals surface area contributed by atoms with E-state index in [1.165, 1.54) is 11.3 Å². The number of fused-ring (bicyclic) bond motifs is 1. The van der Waals surface area contributed by atoms with Gasteiger partial charge in [-0.15, -0.1) is 0 Å². The topological polar surface area (TPSA) is 67.6 Å². The van der Waals surface area contributed by atoms with Gasteiger partial charge in [0.2, 0.25) is 0 Å². The molecule has 0 aromatic heterocycles. The zero-order chi connectivity index (χ0) is 16.3. The number of hydrogen-bond acceptors (Lipinski definition) is 4. The third-order valence-corrected chi connectivity index (χ3v) is 3.77. The summed E-state index contributed by atoms with van der Waals surface area (Å²) >= 11 is 0. The molecule has 1 unspecified atom stereocenters. The van der Waals surface area contributed by atoms with Gasteiger partial charge in [0.05, 0.1) is 0 Å². The highest BCUT2D eigenvalue weighted by molar-refractivity contribution is 5.67. The van der Waals surface area contributed by atoms with E-state index in [0.717, 1.165) is 25.1 Å². The van der Waals surface area contributed by atoms with Gasteiger partial charge in [-0.1, -0.05) is 12.1 Å². The van der Waals surface area contributed by atoms with Crippen molar-refractivity contribution >= 4 is 11.8 Å². The van der Waals surface area contributed by atoms with Crippen LogP contribution in [-0.2, 0) is 11.2 Å². The third kappa shape index (κ3) is 4.13. The molecule has 3 N–H and O–H groups in total. The molecular formula is C17H27N3O2. The highest BCUT2D eigenvalue weighted by Gasteiger charge is 2.20. The summed E-state index contributed by atoms with van der Waals surface area (Å²) in [5, 5.41) is 2.73. The Hall–Kier alpha value is -1.75. The summed E-state index contributed by atoms with van der Waals surface area (Å²) in [6, 6.07) is 6.11. The van der Waals surface area contributed by atoms with E-state index in [-0.39, 0.29) is 6.04 Å². The van der Waals surface area contributed by atoms with Gasteiger partial charge in [0.15, 0.2) is 0 Å². The van der Waals surface area contributed by atoms with E-state index in [0.29, 0.717) is 6.54 Å². The number of anilines is 1. The van der Waals surface area contributed by atoms with Crippen molar-refractivity contribution in [1.29, 1.82) is 0 Å². The van der Waals surface area contributed by atoms with Gasteiger partial charge in [-0.2, -0.15) is 0 Å². The molecule has 0 saturated carbocycles. The van der Waals surface area contributed by atoms with Crippen LogP contribution in [0.2, 0.25) is 0 Å². The van der Waals surface area contributed by atoms with E-state index in [2.05, 4.69) is 29.3 Å². The molecule has 0 fully saturated rings. The summed E-state index contributed by atoms with van der Waals surface area (Å²) in [6.07, 6.45) is 0.629. The van der Waals surface area contributed by atoms with Crippen LogP contribution in [0.1, 0.15) is 44.9 Å². The molecule has 1 aliphatic rings. The molecule has 0 radical (unpaired) electrons. The lowest BCUT2D eigenvalue weighted by Crippen LogP contribution is -2.36. The second kappa shape index (κ2) is 6.57. The molecule has 1 aliphatic heterocycles. The van der Waals surface area contributed by atoms with Gasteiger partial charge in [-0.3, -0.25) is 0 Å². The predicted octanol–water partition coefficient (Wildman–Crippen LogP) is 2.59. The number of amides is 1. The number of likely N-dealkylation sites (N-methyl/N-ethyl adjacent to an activating group) is 1. The summed E-state index contributed by atoms with van der Waals surface area (Å²) in [5.74, 6) is 0. The molecule has 1 atom stereocenters. The summed E-state index contributed by atoms with van der Waals surface area (Å²) in [4.78, 5) is 14.0. The maximum Gasteiger partial charge on any atom is 0.407 e. The minimum absolute atomic E-state index is 0.228. The molecule has 122 valence electrons. The van der Waals surface area contributed by atoms with Gasteiger partial charge < -0.3 is 20.7 Å². The first-order valence-electron chi connectivity index (χ1n) is 7.90. The molecule has 0 spiro atoms. The molecule has 0 saturated heterocycles. The fourth-order valence-electron chi connectivity index (χ4n) is 2.67. The lowest BCUT2D eigenvalue weighted by molar-refractivity contribution is 0.0524. The lowest BCUT2D eigenvalue weighted by atomic mass is 10.0. The van der Waals surface area contributed by atoms with Crippen molar-refractivity contribution in [2.24, 2.45) is 5.73 Å². The Morgan fingerprint density at radius 2 is 2.18 bits per heavy atom. The largest absolute Gasteiger partial charge is 0.444 e. The molecule has 22 heavy (non-hydrogen) atoms. The van der Waals surface area contributed by atoms with E-state index in [4.69, 9.17) is 10.5 Å². The molecule has 1 aromatic rings. The Labute approximate surface area is 132 Å². The Kier molecular flexibility index (Phi) is 4.96. The minimum Gasteiger partial charge on any atom is -0.444 e. The average Bonchev–Trinajstić information content (AvgIpc) is 2.85. The zero-order valence-corrected chi connectivity index (χ0v) is 14.0. The number of benzene rings is 1. The first kappa shape index (κ1) is 16.6. The standard InChI is InChI=1S/C17H27N3O2/c1-5-20-9-8-13-10-12(6-7-15(13)20)14(18)11-19-16(21)22-17(2,3)4/h6-7,10,14H,5,8-9,11,18H2,1-4H3,(H,19,21). The van der Waals surface area contributed by atoms with Gasteiger partial charge in [0.25, 0.3) is 0 Å². The van der Waals surface area contributed by atoms with Gasteiger partial charge in [0, 0.05) is 31.4 Å². The Morgan fingerprint density at radius 1 is 1.45 bits per heavy atom. The van der Waals surface area contributed by atoms with Crippen LogP contribution in [0.25, 0.3) is 0 Å². The van der Waals surface area contributed by atoms with Gasteiger partial charge >= 0.3 is 6.09 Å². The van der Waals surface area contributed by atoms with E-state index in [1.807, 2.05) is 26.8 Å². The number of alkyl carbamates (subject to hydrolysis) is 1. The Balaban J connectivity index is 1.94. The van der Waals surface area contributed by atoms with E-state index in [1.54, 1.807) is 0 Å². The molecule has 0 aliphatic carbocycles. The monoisotopic (exact) mass is 305 g/mol. The second-order valence-corrected chi connectivity index (χ2v) is 6.71. The van der Waals surface area contributed by atoms with Gasteiger partial charge in [-0.25, -0.2) is 4.79 Å². The third-order valence-electron chi connectivity index (χ3n) is 3.77. The molecule has 1 aromatic carbocycles. The van der Waals surface area contributed by atoms with Crippen LogP contribution in [0.5, 0.6) is 0 Å². The number of nitrogens with one attached hydrogen (secondary N) is 1. The summed E-state index contributed by atoms with van der Waals surface area (Å²) in [7, 11) is 0. The molecule has 0 bridgehead atoms. The predicted molar refractivity (Wildman–Crippen MR) is 89.2 cm³/mol. The Bertz CT molecular complexity index is 537. The van der Waals surface area contributed by atoms with Crippen LogP contribution in [-0.4, -0.2) is 31.3 Å². The smallest absolute Gasteiger partial charge is 0.407 e. The second-order valence-electron chi connectivity index (χ2n) is 6.71. The number of rotatable bonds is 4. The van der Waals surface area contributed by atoms with Crippen LogP contribution in [0, 0.1) is 0 Å². The summed E-state index contributed by atoms with van der Waals surface area (Å²) in [5.41, 5.74) is 9.38. The number of carbonyl (C=O) groups is 1.